The van der Waals surface area contributed by atoms with E-state index in [1.807, 2.05) is 13.8 Å². The Hall–Kier alpha value is -2.71. The van der Waals surface area contributed by atoms with Crippen molar-refractivity contribution in [2.75, 3.05) is 19.3 Å². The lowest BCUT2D eigenvalue weighted by Gasteiger charge is -2.35. The first-order valence-electron chi connectivity index (χ1n) is 9.75. The lowest BCUT2D eigenvalue weighted by Crippen LogP contribution is -2.48. The van der Waals surface area contributed by atoms with Crippen LogP contribution in [0.25, 0.3) is 0 Å². The largest absolute Gasteiger partial charge is 0.372 e. The van der Waals surface area contributed by atoms with E-state index in [0.717, 1.165) is 11.8 Å². The number of hydrogen-bond donors (Lipinski definition) is 1. The van der Waals surface area contributed by atoms with Crippen LogP contribution in [0.2, 0.25) is 0 Å². The SMILES string of the molecule is CC1CN(C(=O)c2ccc(CNC(=O)c3cccc(S(C)(=O)=O)c3)cc2)CC(C)O1. The summed E-state index contributed by atoms with van der Waals surface area (Å²) in [6.07, 6.45) is 1.12. The minimum atomic E-state index is -3.38. The molecule has 2 aromatic rings. The maximum Gasteiger partial charge on any atom is 0.254 e. The zero-order chi connectivity index (χ0) is 21.9. The monoisotopic (exact) mass is 430 g/mol. The molecule has 2 aromatic carbocycles. The van der Waals surface area contributed by atoms with Gasteiger partial charge in [0.15, 0.2) is 9.84 Å². The Balaban J connectivity index is 1.61. The number of rotatable bonds is 5. The summed E-state index contributed by atoms with van der Waals surface area (Å²) in [4.78, 5) is 27.0. The van der Waals surface area contributed by atoms with Gasteiger partial charge < -0.3 is 15.0 Å². The summed E-state index contributed by atoms with van der Waals surface area (Å²) < 4.78 is 29.0. The van der Waals surface area contributed by atoms with Crippen molar-refractivity contribution in [3.63, 3.8) is 0 Å². The Morgan fingerprint density at radius 3 is 2.27 bits per heavy atom. The maximum absolute atomic E-state index is 12.7. The normalized spacial score (nSPS) is 19.4. The molecule has 1 saturated heterocycles. The number of amides is 2. The molecule has 0 spiro atoms. The van der Waals surface area contributed by atoms with Gasteiger partial charge in [-0.15, -0.1) is 0 Å². The van der Waals surface area contributed by atoms with Crippen molar-refractivity contribution >= 4 is 21.7 Å². The highest BCUT2D eigenvalue weighted by molar-refractivity contribution is 7.90. The maximum atomic E-state index is 12.7. The van der Waals surface area contributed by atoms with Gasteiger partial charge in [0.1, 0.15) is 0 Å². The second kappa shape index (κ2) is 8.97. The van der Waals surface area contributed by atoms with Gasteiger partial charge in [-0.05, 0) is 49.7 Å². The molecule has 0 bridgehead atoms. The standard InChI is InChI=1S/C22H26N2O5S/c1-15-13-24(14-16(2)29-15)22(26)18-9-7-17(8-10-18)12-23-21(25)19-5-4-6-20(11-19)30(3,27)28/h4-11,15-16H,12-14H2,1-3H3,(H,23,25). The van der Waals surface area contributed by atoms with Crippen molar-refractivity contribution < 1.29 is 22.7 Å². The third-order valence-corrected chi connectivity index (χ3v) is 6.00. The molecule has 1 aliphatic rings. The molecular weight excluding hydrogens is 404 g/mol. The summed E-state index contributed by atoms with van der Waals surface area (Å²) in [6, 6.07) is 13.0. The lowest BCUT2D eigenvalue weighted by atomic mass is 10.1. The van der Waals surface area contributed by atoms with E-state index in [4.69, 9.17) is 4.74 Å². The number of benzene rings is 2. The zero-order valence-electron chi connectivity index (χ0n) is 17.3. The Bertz CT molecular complexity index is 1020. The van der Waals surface area contributed by atoms with E-state index in [2.05, 4.69) is 5.32 Å². The Kier molecular flexibility index (Phi) is 6.58. The van der Waals surface area contributed by atoms with Gasteiger partial charge in [0.05, 0.1) is 17.1 Å². The number of carbonyl (C=O) groups is 2. The summed E-state index contributed by atoms with van der Waals surface area (Å²) >= 11 is 0. The minimum absolute atomic E-state index is 0.00776. The molecule has 1 heterocycles. The Labute approximate surface area is 177 Å². The first kappa shape index (κ1) is 22.0. The molecule has 1 aliphatic heterocycles. The van der Waals surface area contributed by atoms with Gasteiger partial charge >= 0.3 is 0 Å². The van der Waals surface area contributed by atoms with Crippen molar-refractivity contribution in [1.29, 1.82) is 0 Å². The van der Waals surface area contributed by atoms with Crippen LogP contribution in [0.1, 0.15) is 40.1 Å². The zero-order valence-corrected chi connectivity index (χ0v) is 18.1. The number of morpholine rings is 1. The first-order chi connectivity index (χ1) is 14.1. The molecule has 0 aromatic heterocycles. The molecule has 2 atom stereocenters. The molecule has 7 nitrogen and oxygen atoms in total. The molecule has 1 N–H and O–H groups in total. The molecule has 3 rings (SSSR count). The number of hydrogen-bond acceptors (Lipinski definition) is 5. The Morgan fingerprint density at radius 1 is 1.03 bits per heavy atom. The molecule has 8 heteroatoms. The summed E-state index contributed by atoms with van der Waals surface area (Å²) in [7, 11) is -3.38. The van der Waals surface area contributed by atoms with Gasteiger partial charge in [0.25, 0.3) is 11.8 Å². The molecule has 0 saturated carbocycles. The summed E-state index contributed by atoms with van der Waals surface area (Å²) in [5.41, 5.74) is 1.70. The van der Waals surface area contributed by atoms with Gasteiger partial charge in [-0.3, -0.25) is 9.59 Å². The third kappa shape index (κ3) is 5.46. The summed E-state index contributed by atoms with van der Waals surface area (Å²) in [5.74, 6) is -0.401. The van der Waals surface area contributed by atoms with E-state index in [0.29, 0.717) is 18.7 Å². The molecule has 0 aliphatic carbocycles. The minimum Gasteiger partial charge on any atom is -0.372 e. The van der Waals surface area contributed by atoms with Crippen LogP contribution in [0.4, 0.5) is 0 Å². The van der Waals surface area contributed by atoms with Crippen LogP contribution in [0.15, 0.2) is 53.4 Å². The highest BCUT2D eigenvalue weighted by Gasteiger charge is 2.26. The average molecular weight is 431 g/mol. The second-order valence-electron chi connectivity index (χ2n) is 7.65. The molecule has 1 fully saturated rings. The van der Waals surface area contributed by atoms with Crippen LogP contribution in [0, 0.1) is 0 Å². The van der Waals surface area contributed by atoms with Gasteiger partial charge in [0, 0.05) is 37.0 Å². The predicted molar refractivity (Wildman–Crippen MR) is 113 cm³/mol. The topological polar surface area (TPSA) is 92.8 Å². The number of carbonyl (C=O) groups excluding carboxylic acids is 2. The van der Waals surface area contributed by atoms with E-state index in [-0.39, 0.29) is 41.0 Å². The van der Waals surface area contributed by atoms with Gasteiger partial charge in [-0.25, -0.2) is 8.42 Å². The average Bonchev–Trinajstić information content (AvgIpc) is 2.70. The molecular formula is C22H26N2O5S. The van der Waals surface area contributed by atoms with Crippen molar-refractivity contribution in [3.05, 3.63) is 65.2 Å². The van der Waals surface area contributed by atoms with Gasteiger partial charge in [-0.1, -0.05) is 18.2 Å². The van der Waals surface area contributed by atoms with Crippen LogP contribution in [0.5, 0.6) is 0 Å². The van der Waals surface area contributed by atoms with Crippen LogP contribution in [-0.2, 0) is 21.1 Å². The van der Waals surface area contributed by atoms with Crippen LogP contribution in [0.3, 0.4) is 0 Å². The van der Waals surface area contributed by atoms with Crippen molar-refractivity contribution in [2.45, 2.75) is 37.5 Å². The van der Waals surface area contributed by atoms with Crippen molar-refractivity contribution in [3.8, 4) is 0 Å². The number of nitrogens with one attached hydrogen (secondary N) is 1. The summed E-state index contributed by atoms with van der Waals surface area (Å²) in [6.45, 7) is 5.30. The number of ether oxygens (including phenoxy) is 1. The fraction of sp³-hybridized carbons (Fsp3) is 0.364. The predicted octanol–water partition coefficient (Wildman–Crippen LogP) is 2.27. The van der Waals surface area contributed by atoms with Crippen LogP contribution >= 0.6 is 0 Å². The lowest BCUT2D eigenvalue weighted by molar-refractivity contribution is -0.0586. The molecule has 2 unspecified atom stereocenters. The number of sulfone groups is 1. The van der Waals surface area contributed by atoms with E-state index < -0.39 is 9.84 Å². The van der Waals surface area contributed by atoms with E-state index >= 15 is 0 Å². The smallest absolute Gasteiger partial charge is 0.254 e. The van der Waals surface area contributed by atoms with Crippen LogP contribution in [-0.4, -0.2) is 56.7 Å². The first-order valence-corrected chi connectivity index (χ1v) is 11.6. The van der Waals surface area contributed by atoms with E-state index in [1.54, 1.807) is 41.3 Å². The highest BCUT2D eigenvalue weighted by atomic mass is 32.2. The van der Waals surface area contributed by atoms with Crippen molar-refractivity contribution in [1.82, 2.24) is 10.2 Å². The quantitative estimate of drug-likeness (QED) is 0.786. The third-order valence-electron chi connectivity index (χ3n) is 4.89. The van der Waals surface area contributed by atoms with E-state index in [9.17, 15) is 18.0 Å². The summed E-state index contributed by atoms with van der Waals surface area (Å²) in [5, 5.41) is 2.77. The van der Waals surface area contributed by atoms with Crippen LogP contribution < -0.4 is 5.32 Å². The Morgan fingerprint density at radius 2 is 1.67 bits per heavy atom. The van der Waals surface area contributed by atoms with Gasteiger partial charge in [-0.2, -0.15) is 0 Å². The highest BCUT2D eigenvalue weighted by Crippen LogP contribution is 2.15. The molecule has 30 heavy (non-hydrogen) atoms. The second-order valence-corrected chi connectivity index (χ2v) is 9.66. The molecule has 160 valence electrons. The van der Waals surface area contributed by atoms with Gasteiger partial charge in [0.2, 0.25) is 0 Å². The van der Waals surface area contributed by atoms with E-state index in [1.165, 1.54) is 12.1 Å². The number of nitrogens with zero attached hydrogens (tertiary/aromatic N) is 1. The fourth-order valence-corrected chi connectivity index (χ4v) is 4.11. The van der Waals surface area contributed by atoms with Crippen molar-refractivity contribution in [2.24, 2.45) is 0 Å². The fourth-order valence-electron chi connectivity index (χ4n) is 3.44. The molecule has 2 amide bonds. The molecule has 0 radical (unpaired) electrons.